The Balaban J connectivity index is -0.00000193. The fourth-order valence-corrected chi connectivity index (χ4v) is 6.19. The summed E-state index contributed by atoms with van der Waals surface area (Å²) >= 11 is 0. The number of nitrogens with zero attached hydrogens (tertiary/aromatic N) is 1. The second-order valence-corrected chi connectivity index (χ2v) is 14.9. The summed E-state index contributed by atoms with van der Waals surface area (Å²) in [6.07, 6.45) is 20.5. The largest absolute Gasteiger partial charge is 0.488 e. The molecular weight excluding hydrogens is 930 g/mol. The van der Waals surface area contributed by atoms with Crippen molar-refractivity contribution in [2.75, 3.05) is 39.6 Å². The van der Waals surface area contributed by atoms with Crippen LogP contribution in [0.25, 0.3) is 0 Å². The quantitative estimate of drug-likeness (QED) is 0.0265. The SMILES string of the molecule is [CH2-]C(=O)OCC1CC(COC(=O)CC(COC(=O)CCCCCCCC)CC(=O)OCCCCCCCC)N1C(=O)OCCC.[CH2-]C(=O)OCCCCCCCC.[CH3-].[W]. The molecule has 0 aromatic rings. The molecule has 1 aliphatic rings. The molecule has 1 aliphatic heterocycles. The van der Waals surface area contributed by atoms with E-state index in [4.69, 9.17) is 28.4 Å². The number of unbranched alkanes of at least 4 members (excludes halogenated alkanes) is 15. The van der Waals surface area contributed by atoms with E-state index in [0.29, 0.717) is 32.5 Å². The molecule has 0 saturated carbocycles. The van der Waals surface area contributed by atoms with E-state index < -0.39 is 48.0 Å². The van der Waals surface area contributed by atoms with Crippen molar-refractivity contribution in [1.82, 2.24) is 4.90 Å². The van der Waals surface area contributed by atoms with Crippen LogP contribution in [0.3, 0.4) is 0 Å². The van der Waals surface area contributed by atoms with Gasteiger partial charge in [0, 0.05) is 33.4 Å². The van der Waals surface area contributed by atoms with Gasteiger partial charge < -0.3 is 35.8 Å². The van der Waals surface area contributed by atoms with Crippen LogP contribution in [0.5, 0.6) is 0 Å². The van der Waals surface area contributed by atoms with E-state index in [2.05, 4.69) is 34.6 Å². The molecule has 1 heterocycles. The predicted octanol–water partition coefficient (Wildman–Crippen LogP) is 9.66. The molecule has 1 saturated heterocycles. The molecular formula is C45H80NO12W-3. The first-order valence-electron chi connectivity index (χ1n) is 21.9. The first kappa shape index (κ1) is 60.4. The number of hydrogen-bond donors (Lipinski definition) is 0. The van der Waals surface area contributed by atoms with Crippen LogP contribution in [-0.2, 0) is 73.5 Å². The van der Waals surface area contributed by atoms with Gasteiger partial charge in [0.05, 0.1) is 51.4 Å². The molecule has 3 atom stereocenters. The van der Waals surface area contributed by atoms with Crippen molar-refractivity contribution >= 4 is 35.9 Å². The summed E-state index contributed by atoms with van der Waals surface area (Å²) in [6.45, 7) is 15.6. The topological polar surface area (TPSA) is 161 Å². The number of hydrogen-bond acceptors (Lipinski definition) is 12. The summed E-state index contributed by atoms with van der Waals surface area (Å²) < 4.78 is 31.2. The molecule has 0 aliphatic carbocycles. The molecule has 14 heteroatoms. The molecule has 1 amide bonds. The fourth-order valence-electron chi connectivity index (χ4n) is 6.19. The maximum atomic E-state index is 12.8. The summed E-state index contributed by atoms with van der Waals surface area (Å²) in [7, 11) is 0. The van der Waals surface area contributed by atoms with Crippen LogP contribution in [0.1, 0.15) is 175 Å². The van der Waals surface area contributed by atoms with Crippen LogP contribution in [0, 0.1) is 27.2 Å². The number of carbonyl (C=O) groups excluding carboxylic acids is 6. The average Bonchev–Trinajstić information content (AvgIpc) is 3.16. The van der Waals surface area contributed by atoms with E-state index in [9.17, 15) is 28.8 Å². The van der Waals surface area contributed by atoms with Gasteiger partial charge in [-0.1, -0.05) is 124 Å². The molecule has 3 unspecified atom stereocenters. The number of esters is 5. The number of ether oxygens (including phenoxy) is 6. The van der Waals surface area contributed by atoms with Gasteiger partial charge in [-0.05, 0) is 32.1 Å². The van der Waals surface area contributed by atoms with E-state index in [-0.39, 0.29) is 73.7 Å². The van der Waals surface area contributed by atoms with Crippen LogP contribution in [0.4, 0.5) is 4.79 Å². The Morgan fingerprint density at radius 3 is 1.44 bits per heavy atom. The zero-order valence-electron chi connectivity index (χ0n) is 37.4. The third kappa shape index (κ3) is 35.5. The zero-order valence-corrected chi connectivity index (χ0v) is 40.3. The van der Waals surface area contributed by atoms with E-state index in [1.165, 1.54) is 56.3 Å². The van der Waals surface area contributed by atoms with Crippen molar-refractivity contribution in [2.45, 2.75) is 187 Å². The Kier molecular flexibility index (Phi) is 42.7. The Labute approximate surface area is 372 Å². The Morgan fingerprint density at radius 2 is 0.949 bits per heavy atom. The van der Waals surface area contributed by atoms with Gasteiger partial charge in [-0.3, -0.25) is 42.7 Å². The van der Waals surface area contributed by atoms with Crippen molar-refractivity contribution < 1.29 is 78.3 Å². The van der Waals surface area contributed by atoms with Crippen molar-refractivity contribution in [3.8, 4) is 0 Å². The molecule has 0 aromatic carbocycles. The number of carbonyl (C=O) groups is 6. The summed E-state index contributed by atoms with van der Waals surface area (Å²) in [4.78, 5) is 73.1. The first-order chi connectivity index (χ1) is 27.5. The second kappa shape index (κ2) is 41.8. The summed E-state index contributed by atoms with van der Waals surface area (Å²) in [6, 6.07) is -0.841. The summed E-state index contributed by atoms with van der Waals surface area (Å²) in [5, 5.41) is 0. The van der Waals surface area contributed by atoms with E-state index in [1.54, 1.807) is 0 Å². The van der Waals surface area contributed by atoms with Crippen LogP contribution in [-0.4, -0.2) is 92.6 Å². The Bertz CT molecular complexity index is 1090. The normalized spacial score (nSPS) is 14.4. The molecule has 346 valence electrons. The Hall–Kier alpha value is -2.95. The van der Waals surface area contributed by atoms with Gasteiger partial charge in [0.25, 0.3) is 0 Å². The monoisotopic (exact) mass is 1010 g/mol. The van der Waals surface area contributed by atoms with Crippen molar-refractivity contribution in [1.29, 1.82) is 0 Å². The number of likely N-dealkylation sites (tertiary alicyclic amines) is 1. The van der Waals surface area contributed by atoms with Gasteiger partial charge in [-0.15, -0.1) is 0 Å². The molecule has 1 rings (SSSR count). The smallest absolute Gasteiger partial charge is 0.410 e. The molecule has 0 N–H and O–H groups in total. The van der Waals surface area contributed by atoms with Gasteiger partial charge in [-0.25, -0.2) is 4.79 Å². The maximum Gasteiger partial charge on any atom is 0.410 e. The van der Waals surface area contributed by atoms with Crippen LogP contribution >= 0.6 is 0 Å². The van der Waals surface area contributed by atoms with Crippen LogP contribution in [0.2, 0.25) is 0 Å². The summed E-state index contributed by atoms with van der Waals surface area (Å²) in [5.74, 6) is -3.09. The molecule has 1 fully saturated rings. The predicted molar refractivity (Wildman–Crippen MR) is 225 cm³/mol. The van der Waals surface area contributed by atoms with Crippen molar-refractivity contribution in [2.24, 2.45) is 5.92 Å². The third-order valence-electron chi connectivity index (χ3n) is 9.49. The minimum atomic E-state index is -0.698. The minimum Gasteiger partial charge on any atom is -0.488 e. The van der Waals surface area contributed by atoms with Gasteiger partial charge in [0.1, 0.15) is 13.2 Å². The van der Waals surface area contributed by atoms with Crippen LogP contribution < -0.4 is 0 Å². The Morgan fingerprint density at radius 1 is 0.508 bits per heavy atom. The van der Waals surface area contributed by atoms with Gasteiger partial charge in [0.15, 0.2) is 11.9 Å². The van der Waals surface area contributed by atoms with Gasteiger partial charge >= 0.3 is 24.0 Å². The van der Waals surface area contributed by atoms with E-state index >= 15 is 0 Å². The van der Waals surface area contributed by atoms with Crippen molar-refractivity contribution in [3.63, 3.8) is 0 Å². The van der Waals surface area contributed by atoms with E-state index in [1.807, 2.05) is 6.92 Å². The molecule has 59 heavy (non-hydrogen) atoms. The van der Waals surface area contributed by atoms with Crippen molar-refractivity contribution in [3.05, 3.63) is 21.3 Å². The molecule has 0 bridgehead atoms. The van der Waals surface area contributed by atoms with Gasteiger partial charge in [-0.2, -0.15) is 0 Å². The number of rotatable bonds is 33. The summed E-state index contributed by atoms with van der Waals surface area (Å²) in [5.41, 5.74) is 0. The molecule has 0 aromatic heterocycles. The maximum absolute atomic E-state index is 12.8. The van der Waals surface area contributed by atoms with E-state index in [0.717, 1.165) is 64.2 Å². The fraction of sp³-hybridized carbons (Fsp3) is 0.800. The molecule has 0 radical (unpaired) electrons. The zero-order chi connectivity index (χ0) is 42.5. The third-order valence-corrected chi connectivity index (χ3v) is 9.49. The van der Waals surface area contributed by atoms with Crippen LogP contribution in [0.15, 0.2) is 0 Å². The molecule has 0 spiro atoms. The average molecular weight is 1010 g/mol. The first-order valence-corrected chi connectivity index (χ1v) is 21.9. The minimum absolute atomic E-state index is 0. The van der Waals surface area contributed by atoms with Gasteiger partial charge in [0.2, 0.25) is 0 Å². The second-order valence-electron chi connectivity index (χ2n) is 14.9. The number of amides is 1. The molecule has 13 nitrogen and oxygen atoms in total. The standard InChI is InChI=1S/C34H58NO10.C10H19O2.CH3.W/c1-5-8-10-12-14-16-18-31(37)44-24-28(21-32(38)41-20-17-15-13-11-9-6-2)22-33(39)45-26-30-23-29(25-43-27(4)36)35(30)34(40)42-19-7-3;1-3-4-5-6-7-8-9-12-10(2)11;;/h28-30H,4-26H2,1-3H3;2-9H2,1H3;1H3;/q3*-1;.